The van der Waals surface area contributed by atoms with Crippen LogP contribution in [-0.4, -0.2) is 87.8 Å². The minimum atomic E-state index is -4.24. The molecule has 0 aliphatic carbocycles. The van der Waals surface area contributed by atoms with Gasteiger partial charge in [0.1, 0.15) is 12.1 Å². The van der Waals surface area contributed by atoms with Crippen LogP contribution in [0.2, 0.25) is 0 Å². The molecule has 3 atom stereocenters. The van der Waals surface area contributed by atoms with E-state index in [1.165, 1.54) is 26.3 Å². The molecule has 1 aliphatic rings. The number of carbonyl (C=O) groups excluding carboxylic acids is 3. The molecular weight excluding hydrogens is 548 g/mol. The molecule has 224 valence electrons. The number of piperidine rings is 1. The molecule has 0 saturated carbocycles. The van der Waals surface area contributed by atoms with Crippen molar-refractivity contribution in [1.29, 1.82) is 5.41 Å². The van der Waals surface area contributed by atoms with Crippen LogP contribution < -0.4 is 15.8 Å². The minimum Gasteiger partial charge on any atom is -0.467 e. The molecule has 13 heteroatoms. The van der Waals surface area contributed by atoms with Crippen LogP contribution in [0, 0.1) is 17.2 Å². The molecule has 2 amide bonds. The smallest absolute Gasteiger partial charge is 0.328 e. The number of hydrogen-bond donors (Lipinski definition) is 4. The molecular formula is C28H40N6O6S. The summed E-state index contributed by atoms with van der Waals surface area (Å²) in [5.41, 5.74) is 5.61. The molecule has 0 unspecified atom stereocenters. The second-order valence-electron chi connectivity index (χ2n) is 10.7. The molecule has 41 heavy (non-hydrogen) atoms. The summed E-state index contributed by atoms with van der Waals surface area (Å²) in [5, 5.41) is 12.0. The summed E-state index contributed by atoms with van der Waals surface area (Å²) in [6, 6.07) is 9.40. The highest BCUT2D eigenvalue weighted by Crippen LogP contribution is 2.21. The maximum atomic E-state index is 13.7. The first kappa shape index (κ1) is 31.8. The van der Waals surface area contributed by atoms with Gasteiger partial charge < -0.3 is 25.6 Å². The molecule has 0 aromatic heterocycles. The number of amides is 2. The van der Waals surface area contributed by atoms with E-state index < -0.39 is 46.3 Å². The zero-order valence-corrected chi connectivity index (χ0v) is 24.7. The predicted octanol–water partition coefficient (Wildman–Crippen LogP) is 1.25. The van der Waals surface area contributed by atoms with Crippen LogP contribution in [0.4, 0.5) is 0 Å². The van der Waals surface area contributed by atoms with Gasteiger partial charge in [0.2, 0.25) is 21.8 Å². The van der Waals surface area contributed by atoms with Gasteiger partial charge in [-0.1, -0.05) is 44.2 Å². The van der Waals surface area contributed by atoms with E-state index in [4.69, 9.17) is 15.9 Å². The average Bonchev–Trinajstić information content (AvgIpc) is 2.94. The fourth-order valence-electron chi connectivity index (χ4n) is 5.12. The fraction of sp³-hybridized carbons (Fsp3) is 0.500. The van der Waals surface area contributed by atoms with Crippen molar-refractivity contribution < 1.29 is 27.5 Å². The van der Waals surface area contributed by atoms with Crippen LogP contribution in [0.3, 0.4) is 0 Å². The Labute approximate surface area is 241 Å². The van der Waals surface area contributed by atoms with Crippen LogP contribution in [0.25, 0.3) is 10.8 Å². The van der Waals surface area contributed by atoms with Crippen LogP contribution in [-0.2, 0) is 29.1 Å². The molecule has 2 aromatic carbocycles. The number of ether oxygens (including phenoxy) is 1. The number of nitrogens with one attached hydrogen (secondary N) is 3. The number of nitrogens with two attached hydrogens (primary N) is 1. The molecule has 2 aromatic rings. The highest BCUT2D eigenvalue weighted by Gasteiger charge is 2.37. The number of sulfonamides is 1. The van der Waals surface area contributed by atoms with Gasteiger partial charge in [0.05, 0.1) is 18.4 Å². The maximum Gasteiger partial charge on any atom is 0.328 e. The zero-order chi connectivity index (χ0) is 30.3. The van der Waals surface area contributed by atoms with Gasteiger partial charge in [0.25, 0.3) is 0 Å². The Morgan fingerprint density at radius 2 is 1.85 bits per heavy atom. The van der Waals surface area contributed by atoms with Gasteiger partial charge in [-0.15, -0.1) is 0 Å². The number of guanidine groups is 1. The lowest BCUT2D eigenvalue weighted by molar-refractivity contribution is -0.154. The quantitative estimate of drug-likeness (QED) is 0.172. The van der Waals surface area contributed by atoms with E-state index in [2.05, 4.69) is 10.0 Å². The Balaban J connectivity index is 1.83. The van der Waals surface area contributed by atoms with Gasteiger partial charge in [0, 0.05) is 26.7 Å². The maximum absolute atomic E-state index is 13.7. The fourth-order valence-corrected chi connectivity index (χ4v) is 6.34. The molecule has 1 saturated heterocycles. The standard InChI is InChI=1S/C28H40N6O6S/c1-18(2)25(27(37)40-4)33(3)26(36)23(15-24(35)31-16-19-8-7-13-34(17-19)28(29)30)32-41(38,39)22-12-11-20-9-5-6-10-21(20)14-22/h5-6,9-12,14,18-19,23,25,32H,7-8,13,15-17H2,1-4H3,(H3,29,30)(H,31,35)/t19-,23-,25-/m0/s1. The van der Waals surface area contributed by atoms with Crippen molar-refractivity contribution >= 4 is 44.5 Å². The summed E-state index contributed by atoms with van der Waals surface area (Å²) in [6.45, 7) is 4.95. The number of rotatable bonds is 11. The van der Waals surface area contributed by atoms with Crippen molar-refractivity contribution in [2.24, 2.45) is 17.6 Å². The van der Waals surface area contributed by atoms with E-state index in [-0.39, 0.29) is 29.2 Å². The van der Waals surface area contributed by atoms with E-state index in [1.54, 1.807) is 36.9 Å². The van der Waals surface area contributed by atoms with E-state index in [9.17, 15) is 22.8 Å². The summed E-state index contributed by atoms with van der Waals surface area (Å²) >= 11 is 0. The number of benzene rings is 2. The van der Waals surface area contributed by atoms with E-state index in [1.807, 2.05) is 12.1 Å². The Morgan fingerprint density at radius 1 is 1.17 bits per heavy atom. The summed E-state index contributed by atoms with van der Waals surface area (Å²) in [5.74, 6) is -2.23. The minimum absolute atomic E-state index is 0.0249. The molecule has 12 nitrogen and oxygen atoms in total. The third kappa shape index (κ3) is 8.17. The number of carbonyl (C=O) groups is 3. The van der Waals surface area contributed by atoms with Crippen molar-refractivity contribution in [3.63, 3.8) is 0 Å². The topological polar surface area (TPSA) is 175 Å². The lowest BCUT2D eigenvalue weighted by atomic mass is 9.98. The van der Waals surface area contributed by atoms with Crippen molar-refractivity contribution in [3.8, 4) is 0 Å². The number of methoxy groups -OCH3 is 1. The Bertz CT molecular complexity index is 1380. The Kier molecular flexibility index (Phi) is 10.7. The molecule has 0 radical (unpaired) electrons. The first-order valence-corrected chi connectivity index (χ1v) is 15.0. The normalized spacial score (nSPS) is 17.1. The predicted molar refractivity (Wildman–Crippen MR) is 155 cm³/mol. The summed E-state index contributed by atoms with van der Waals surface area (Å²) in [7, 11) is -1.64. The van der Waals surface area contributed by atoms with E-state index >= 15 is 0 Å². The molecule has 5 N–H and O–H groups in total. The molecule has 0 bridgehead atoms. The largest absolute Gasteiger partial charge is 0.467 e. The van der Waals surface area contributed by atoms with Crippen LogP contribution >= 0.6 is 0 Å². The summed E-state index contributed by atoms with van der Waals surface area (Å²) < 4.78 is 34.2. The van der Waals surface area contributed by atoms with Gasteiger partial charge in [-0.2, -0.15) is 4.72 Å². The molecule has 1 heterocycles. The van der Waals surface area contributed by atoms with Gasteiger partial charge in [-0.25, -0.2) is 13.2 Å². The Hall–Kier alpha value is -3.71. The van der Waals surface area contributed by atoms with Gasteiger partial charge in [-0.05, 0) is 47.6 Å². The van der Waals surface area contributed by atoms with Crippen molar-refractivity contribution in [2.45, 2.75) is 50.1 Å². The zero-order valence-electron chi connectivity index (χ0n) is 23.9. The third-order valence-electron chi connectivity index (χ3n) is 7.30. The summed E-state index contributed by atoms with van der Waals surface area (Å²) in [4.78, 5) is 42.0. The van der Waals surface area contributed by atoms with Crippen molar-refractivity contribution in [2.75, 3.05) is 33.8 Å². The number of likely N-dealkylation sites (tertiary alicyclic amines) is 1. The second kappa shape index (κ2) is 13.8. The number of hydrogen-bond acceptors (Lipinski definition) is 7. The van der Waals surface area contributed by atoms with Gasteiger partial charge in [0.15, 0.2) is 5.96 Å². The van der Waals surface area contributed by atoms with Crippen molar-refractivity contribution in [3.05, 3.63) is 42.5 Å². The first-order chi connectivity index (χ1) is 19.3. The second-order valence-corrected chi connectivity index (χ2v) is 12.4. The number of fused-ring (bicyclic) bond motifs is 1. The number of nitrogens with zero attached hydrogens (tertiary/aromatic N) is 2. The third-order valence-corrected chi connectivity index (χ3v) is 8.77. The molecule has 3 rings (SSSR count). The monoisotopic (exact) mass is 588 g/mol. The first-order valence-electron chi connectivity index (χ1n) is 13.5. The van der Waals surface area contributed by atoms with E-state index in [0.29, 0.717) is 18.5 Å². The number of esters is 1. The Morgan fingerprint density at radius 3 is 2.49 bits per heavy atom. The average molecular weight is 589 g/mol. The van der Waals surface area contributed by atoms with Crippen LogP contribution in [0.1, 0.15) is 33.1 Å². The van der Waals surface area contributed by atoms with E-state index in [0.717, 1.165) is 23.1 Å². The molecule has 1 aliphatic heterocycles. The lowest BCUT2D eigenvalue weighted by Gasteiger charge is -2.33. The highest BCUT2D eigenvalue weighted by atomic mass is 32.2. The number of likely N-dealkylation sites (N-methyl/N-ethyl adjacent to an activating group) is 1. The molecule has 1 fully saturated rings. The van der Waals surface area contributed by atoms with Crippen LogP contribution in [0.5, 0.6) is 0 Å². The highest BCUT2D eigenvalue weighted by molar-refractivity contribution is 7.89. The van der Waals surface area contributed by atoms with Gasteiger partial charge >= 0.3 is 5.97 Å². The van der Waals surface area contributed by atoms with Crippen molar-refractivity contribution in [1.82, 2.24) is 19.8 Å². The SMILES string of the molecule is COC(=O)[C@H](C(C)C)N(C)C(=O)[C@H](CC(=O)NC[C@@H]1CCCN(C(=N)N)C1)NS(=O)(=O)c1ccc2ccccc2c1. The van der Waals surface area contributed by atoms with Gasteiger partial charge in [-0.3, -0.25) is 15.0 Å². The van der Waals surface area contributed by atoms with Crippen LogP contribution in [0.15, 0.2) is 47.4 Å². The lowest BCUT2D eigenvalue weighted by Crippen LogP contribution is -2.55. The molecule has 0 spiro atoms. The summed E-state index contributed by atoms with van der Waals surface area (Å²) in [6.07, 6.45) is 1.17.